The highest BCUT2D eigenvalue weighted by Crippen LogP contribution is 2.21. The van der Waals surface area contributed by atoms with E-state index in [9.17, 15) is 12.8 Å². The molecule has 0 fully saturated rings. The number of nitrogens with one attached hydrogen (secondary N) is 1. The Hall–Kier alpha value is -1.14. The van der Waals surface area contributed by atoms with Crippen molar-refractivity contribution >= 4 is 15.7 Å². The quantitative estimate of drug-likeness (QED) is 0.812. The van der Waals surface area contributed by atoms with Gasteiger partial charge < -0.3 is 5.73 Å². The lowest BCUT2D eigenvalue weighted by Gasteiger charge is -2.24. The third-order valence-electron chi connectivity index (χ3n) is 2.56. The first-order chi connectivity index (χ1) is 7.68. The number of hydrogen-bond donors (Lipinski definition) is 2. The van der Waals surface area contributed by atoms with Gasteiger partial charge in [-0.1, -0.05) is 6.92 Å². The van der Waals surface area contributed by atoms with Crippen molar-refractivity contribution in [3.05, 3.63) is 24.0 Å². The minimum absolute atomic E-state index is 0.0931. The van der Waals surface area contributed by atoms with Crippen LogP contribution < -0.4 is 10.5 Å². The third kappa shape index (κ3) is 3.41. The first-order valence-corrected chi connectivity index (χ1v) is 6.75. The van der Waals surface area contributed by atoms with Gasteiger partial charge in [-0.05, 0) is 38.5 Å². The fourth-order valence-electron chi connectivity index (χ4n) is 1.25. The van der Waals surface area contributed by atoms with Crippen LogP contribution in [0.2, 0.25) is 0 Å². The summed E-state index contributed by atoms with van der Waals surface area (Å²) in [6.45, 7) is 5.41. The molecule has 0 unspecified atom stereocenters. The van der Waals surface area contributed by atoms with E-state index in [-0.39, 0.29) is 10.6 Å². The lowest BCUT2D eigenvalue weighted by atomic mass is 10.0. The maximum absolute atomic E-state index is 12.8. The molecule has 0 heterocycles. The molecule has 0 radical (unpaired) electrons. The van der Waals surface area contributed by atoms with E-state index in [1.54, 1.807) is 13.8 Å². The van der Waals surface area contributed by atoms with Crippen molar-refractivity contribution in [1.29, 1.82) is 0 Å². The maximum Gasteiger partial charge on any atom is 0.243 e. The molecule has 0 bridgehead atoms. The predicted octanol–water partition coefficient (Wildman–Crippen LogP) is 1.87. The summed E-state index contributed by atoms with van der Waals surface area (Å²) in [5.41, 5.74) is 4.85. The van der Waals surface area contributed by atoms with Crippen LogP contribution in [0.4, 0.5) is 10.1 Å². The van der Waals surface area contributed by atoms with Gasteiger partial charge in [-0.25, -0.2) is 17.5 Å². The zero-order chi connectivity index (χ0) is 13.3. The SMILES string of the molecule is CCC(C)(C)NS(=O)(=O)c1ccc(F)cc1N. The summed E-state index contributed by atoms with van der Waals surface area (Å²) in [5, 5.41) is 0. The molecule has 0 saturated carbocycles. The standard InChI is InChI=1S/C11H17FN2O2S/c1-4-11(2,3)14-17(15,16)10-6-5-8(12)7-9(10)13/h5-7,14H,4,13H2,1-3H3. The van der Waals surface area contributed by atoms with Crippen molar-refractivity contribution in [3.63, 3.8) is 0 Å². The van der Waals surface area contributed by atoms with Crippen molar-refractivity contribution in [2.75, 3.05) is 5.73 Å². The highest BCUT2D eigenvalue weighted by atomic mass is 32.2. The van der Waals surface area contributed by atoms with Crippen LogP contribution >= 0.6 is 0 Å². The highest BCUT2D eigenvalue weighted by Gasteiger charge is 2.26. The molecule has 1 aromatic rings. The van der Waals surface area contributed by atoms with Gasteiger partial charge in [0, 0.05) is 5.54 Å². The Morgan fingerprint density at radius 1 is 1.41 bits per heavy atom. The van der Waals surface area contributed by atoms with Gasteiger partial charge in [0.1, 0.15) is 10.7 Å². The van der Waals surface area contributed by atoms with Gasteiger partial charge in [-0.2, -0.15) is 0 Å². The normalized spacial score (nSPS) is 12.7. The summed E-state index contributed by atoms with van der Waals surface area (Å²) in [5.74, 6) is -0.559. The zero-order valence-corrected chi connectivity index (χ0v) is 10.9. The molecule has 0 saturated heterocycles. The summed E-state index contributed by atoms with van der Waals surface area (Å²) < 4.78 is 39.4. The van der Waals surface area contributed by atoms with E-state index in [2.05, 4.69) is 4.72 Å². The lowest BCUT2D eigenvalue weighted by Crippen LogP contribution is -2.42. The summed E-state index contributed by atoms with van der Waals surface area (Å²) in [6, 6.07) is 3.23. The van der Waals surface area contributed by atoms with Crippen LogP contribution in [0.5, 0.6) is 0 Å². The second kappa shape index (κ2) is 4.62. The van der Waals surface area contributed by atoms with Gasteiger partial charge in [0.05, 0.1) is 5.69 Å². The molecule has 0 spiro atoms. The van der Waals surface area contributed by atoms with Gasteiger partial charge in [0.2, 0.25) is 10.0 Å². The van der Waals surface area contributed by atoms with E-state index >= 15 is 0 Å². The monoisotopic (exact) mass is 260 g/mol. The van der Waals surface area contributed by atoms with Crippen molar-refractivity contribution in [2.24, 2.45) is 0 Å². The van der Waals surface area contributed by atoms with E-state index in [1.165, 1.54) is 6.07 Å². The molecule has 0 aliphatic carbocycles. The minimum atomic E-state index is -3.72. The van der Waals surface area contributed by atoms with Crippen molar-refractivity contribution < 1.29 is 12.8 Å². The second-order valence-corrected chi connectivity index (χ2v) is 6.18. The van der Waals surface area contributed by atoms with Crippen LogP contribution in [0, 0.1) is 5.82 Å². The van der Waals surface area contributed by atoms with Gasteiger partial charge in [-0.3, -0.25) is 0 Å². The Morgan fingerprint density at radius 3 is 2.47 bits per heavy atom. The zero-order valence-electron chi connectivity index (χ0n) is 10.1. The Bertz CT molecular complexity index is 512. The molecule has 96 valence electrons. The molecule has 0 aliphatic heterocycles. The molecule has 4 nitrogen and oxygen atoms in total. The predicted molar refractivity (Wildman–Crippen MR) is 65.5 cm³/mol. The Balaban J connectivity index is 3.14. The van der Waals surface area contributed by atoms with Crippen LogP contribution in [0.25, 0.3) is 0 Å². The molecule has 0 atom stereocenters. The number of hydrogen-bond acceptors (Lipinski definition) is 3. The number of sulfonamides is 1. The molecular weight excluding hydrogens is 243 g/mol. The second-order valence-electron chi connectivity index (χ2n) is 4.53. The summed E-state index contributed by atoms with van der Waals surface area (Å²) >= 11 is 0. The molecule has 0 aromatic heterocycles. The molecule has 1 rings (SSSR count). The molecule has 0 aliphatic rings. The first kappa shape index (κ1) is 13.9. The fraction of sp³-hybridized carbons (Fsp3) is 0.455. The van der Waals surface area contributed by atoms with E-state index in [4.69, 9.17) is 5.73 Å². The average molecular weight is 260 g/mol. The average Bonchev–Trinajstić information content (AvgIpc) is 2.15. The molecular formula is C11H17FN2O2S. The fourth-order valence-corrected chi connectivity index (χ4v) is 2.85. The Labute approximate surface area is 101 Å². The minimum Gasteiger partial charge on any atom is -0.398 e. The van der Waals surface area contributed by atoms with Crippen molar-refractivity contribution in [3.8, 4) is 0 Å². The topological polar surface area (TPSA) is 72.2 Å². The summed E-state index contributed by atoms with van der Waals surface area (Å²) in [7, 11) is -3.72. The number of anilines is 1. The number of nitrogens with two attached hydrogens (primary N) is 1. The highest BCUT2D eigenvalue weighted by molar-refractivity contribution is 7.89. The lowest BCUT2D eigenvalue weighted by molar-refractivity contribution is 0.439. The van der Waals surface area contributed by atoms with Crippen LogP contribution in [0.3, 0.4) is 0 Å². The molecule has 3 N–H and O–H groups in total. The molecule has 1 aromatic carbocycles. The van der Waals surface area contributed by atoms with Crippen LogP contribution in [0.1, 0.15) is 27.2 Å². The number of benzene rings is 1. The van der Waals surface area contributed by atoms with E-state index in [0.29, 0.717) is 6.42 Å². The molecule has 0 amide bonds. The van der Waals surface area contributed by atoms with Crippen LogP contribution in [-0.4, -0.2) is 14.0 Å². The first-order valence-electron chi connectivity index (χ1n) is 5.27. The molecule has 17 heavy (non-hydrogen) atoms. The van der Waals surface area contributed by atoms with Crippen molar-refractivity contribution in [2.45, 2.75) is 37.6 Å². The molecule has 6 heteroatoms. The van der Waals surface area contributed by atoms with Crippen LogP contribution in [0.15, 0.2) is 23.1 Å². The number of halogens is 1. The van der Waals surface area contributed by atoms with Crippen molar-refractivity contribution in [1.82, 2.24) is 4.72 Å². The Kier molecular flexibility index (Phi) is 3.78. The van der Waals surface area contributed by atoms with E-state index in [0.717, 1.165) is 12.1 Å². The summed E-state index contributed by atoms with van der Waals surface area (Å²) in [4.78, 5) is -0.0968. The third-order valence-corrected chi connectivity index (χ3v) is 4.33. The number of rotatable bonds is 4. The van der Waals surface area contributed by atoms with Gasteiger partial charge in [0.25, 0.3) is 0 Å². The van der Waals surface area contributed by atoms with Gasteiger partial charge in [-0.15, -0.1) is 0 Å². The van der Waals surface area contributed by atoms with Gasteiger partial charge >= 0.3 is 0 Å². The van der Waals surface area contributed by atoms with Gasteiger partial charge in [0.15, 0.2) is 0 Å². The Morgan fingerprint density at radius 2 is 2.00 bits per heavy atom. The number of nitrogen functional groups attached to an aromatic ring is 1. The largest absolute Gasteiger partial charge is 0.398 e. The van der Waals surface area contributed by atoms with E-state index < -0.39 is 21.4 Å². The van der Waals surface area contributed by atoms with Crippen LogP contribution in [-0.2, 0) is 10.0 Å². The maximum atomic E-state index is 12.8. The van der Waals surface area contributed by atoms with E-state index in [1.807, 2.05) is 6.92 Å². The smallest absolute Gasteiger partial charge is 0.243 e. The summed E-state index contributed by atoms with van der Waals surface area (Å²) in [6.07, 6.45) is 0.632.